The summed E-state index contributed by atoms with van der Waals surface area (Å²) in [6, 6.07) is 59.7. The summed E-state index contributed by atoms with van der Waals surface area (Å²) in [5, 5.41) is 2.33. The first-order valence-electron chi connectivity index (χ1n) is 14.9. The molecule has 2 aromatic heterocycles. The Hall–Kier alpha value is -5.86. The lowest BCUT2D eigenvalue weighted by Crippen LogP contribution is -1.90. The highest BCUT2D eigenvalue weighted by Crippen LogP contribution is 2.35. The van der Waals surface area contributed by atoms with Crippen molar-refractivity contribution in [3.63, 3.8) is 0 Å². The molecule has 0 saturated heterocycles. The summed E-state index contributed by atoms with van der Waals surface area (Å²) in [7, 11) is 0. The molecule has 0 spiro atoms. The van der Waals surface area contributed by atoms with Gasteiger partial charge < -0.3 is 0 Å². The highest BCUT2D eigenvalue weighted by Gasteiger charge is 2.12. The van der Waals surface area contributed by atoms with Crippen molar-refractivity contribution in [2.24, 2.45) is 0 Å². The molecule has 206 valence electrons. The molecule has 0 aliphatic carbocycles. The average molecular weight is 561 g/mol. The lowest BCUT2D eigenvalue weighted by molar-refractivity contribution is 1.39. The number of pyridine rings is 2. The Kier molecular flexibility index (Phi) is 6.51. The van der Waals surface area contributed by atoms with Crippen molar-refractivity contribution in [3.05, 3.63) is 170 Å². The largest absolute Gasteiger partial charge is 0.248 e. The molecule has 6 aromatic carbocycles. The second-order valence-electron chi connectivity index (χ2n) is 11.0. The van der Waals surface area contributed by atoms with E-state index < -0.39 is 0 Å². The van der Waals surface area contributed by atoms with E-state index in [1.54, 1.807) is 0 Å². The number of hydrogen-bond donors (Lipinski definition) is 0. The molecule has 8 rings (SSSR count). The molecule has 0 bridgehead atoms. The van der Waals surface area contributed by atoms with Gasteiger partial charge in [0.1, 0.15) is 0 Å². The summed E-state index contributed by atoms with van der Waals surface area (Å²) < 4.78 is 0. The summed E-state index contributed by atoms with van der Waals surface area (Å²) in [4.78, 5) is 10.0. The van der Waals surface area contributed by atoms with E-state index in [1.807, 2.05) is 0 Å². The number of fused-ring (bicyclic) bond motifs is 2. The average Bonchev–Trinajstić information content (AvgIpc) is 3.11. The van der Waals surface area contributed by atoms with Crippen LogP contribution in [0.5, 0.6) is 0 Å². The fraction of sp³-hybridized carbons (Fsp3) is 0. The van der Waals surface area contributed by atoms with Crippen molar-refractivity contribution >= 4 is 21.8 Å². The maximum absolute atomic E-state index is 5.02. The van der Waals surface area contributed by atoms with Crippen molar-refractivity contribution in [1.29, 1.82) is 0 Å². The predicted octanol–water partition coefficient (Wildman–Crippen LogP) is 11.1. The topological polar surface area (TPSA) is 25.8 Å². The van der Waals surface area contributed by atoms with E-state index in [1.165, 1.54) is 33.4 Å². The minimum atomic E-state index is 0.973. The lowest BCUT2D eigenvalue weighted by Gasteiger charge is -2.12. The van der Waals surface area contributed by atoms with Gasteiger partial charge in [0, 0.05) is 21.9 Å². The number of rotatable bonds is 5. The van der Waals surface area contributed by atoms with E-state index in [0.717, 1.165) is 44.3 Å². The van der Waals surface area contributed by atoms with E-state index in [2.05, 4.69) is 170 Å². The second kappa shape index (κ2) is 11.1. The molecule has 0 aliphatic heterocycles. The maximum Gasteiger partial charge on any atom is 0.0715 e. The molecule has 2 nitrogen and oxygen atoms in total. The van der Waals surface area contributed by atoms with Crippen LogP contribution < -0.4 is 0 Å². The smallest absolute Gasteiger partial charge is 0.0715 e. The Balaban J connectivity index is 1.12. The summed E-state index contributed by atoms with van der Waals surface area (Å²) in [6.07, 6.45) is 0. The van der Waals surface area contributed by atoms with Gasteiger partial charge in [-0.15, -0.1) is 0 Å². The van der Waals surface area contributed by atoms with Crippen LogP contribution >= 0.6 is 0 Å². The zero-order valence-electron chi connectivity index (χ0n) is 24.1. The van der Waals surface area contributed by atoms with E-state index in [4.69, 9.17) is 9.97 Å². The van der Waals surface area contributed by atoms with Crippen LogP contribution in [-0.2, 0) is 0 Å². The molecule has 0 fully saturated rings. The fourth-order valence-electron chi connectivity index (χ4n) is 6.03. The standard InChI is InChI=1S/C42H28N2/c1-3-11-31(12-4-1)37-27-41(43-39-17-9-7-15-35(37)39)33-23-19-29(20-24-33)30-21-25-34(26-22-30)42-28-38(32-13-5-2-6-14-32)36-16-8-10-18-40(36)44-42/h1-28H. The third kappa shape index (κ3) is 4.83. The zero-order valence-corrected chi connectivity index (χ0v) is 24.1. The van der Waals surface area contributed by atoms with E-state index in [-0.39, 0.29) is 0 Å². The summed E-state index contributed by atoms with van der Waals surface area (Å²) in [5.74, 6) is 0. The minimum Gasteiger partial charge on any atom is -0.248 e. The number of nitrogens with zero attached hydrogens (tertiary/aromatic N) is 2. The van der Waals surface area contributed by atoms with Gasteiger partial charge in [-0.2, -0.15) is 0 Å². The van der Waals surface area contributed by atoms with Gasteiger partial charge in [-0.1, -0.05) is 146 Å². The Morgan fingerprint density at radius 3 is 1.02 bits per heavy atom. The quantitative estimate of drug-likeness (QED) is 0.209. The summed E-state index contributed by atoms with van der Waals surface area (Å²) in [6.45, 7) is 0. The first-order valence-corrected chi connectivity index (χ1v) is 14.9. The molecular weight excluding hydrogens is 532 g/mol. The van der Waals surface area contributed by atoms with Crippen molar-refractivity contribution in [2.75, 3.05) is 0 Å². The van der Waals surface area contributed by atoms with Crippen LogP contribution in [0, 0.1) is 0 Å². The third-order valence-corrected chi connectivity index (χ3v) is 8.30. The molecular formula is C42H28N2. The molecule has 0 saturated carbocycles. The van der Waals surface area contributed by atoms with Crippen LogP contribution in [0.4, 0.5) is 0 Å². The van der Waals surface area contributed by atoms with Gasteiger partial charge in [-0.25, -0.2) is 9.97 Å². The molecule has 0 N–H and O–H groups in total. The molecule has 0 radical (unpaired) electrons. The Morgan fingerprint density at radius 1 is 0.273 bits per heavy atom. The highest BCUT2D eigenvalue weighted by molar-refractivity contribution is 5.98. The van der Waals surface area contributed by atoms with Gasteiger partial charge in [0.25, 0.3) is 0 Å². The molecule has 0 atom stereocenters. The van der Waals surface area contributed by atoms with Gasteiger partial charge in [-0.05, 0) is 57.6 Å². The Bertz CT molecular complexity index is 2070. The normalized spacial score (nSPS) is 11.2. The van der Waals surface area contributed by atoms with Gasteiger partial charge >= 0.3 is 0 Å². The van der Waals surface area contributed by atoms with E-state index in [0.29, 0.717) is 0 Å². The van der Waals surface area contributed by atoms with Crippen molar-refractivity contribution in [3.8, 4) is 55.9 Å². The number of hydrogen-bond acceptors (Lipinski definition) is 2. The maximum atomic E-state index is 5.02. The molecule has 2 heteroatoms. The van der Waals surface area contributed by atoms with E-state index >= 15 is 0 Å². The first kappa shape index (κ1) is 25.8. The van der Waals surface area contributed by atoms with E-state index in [9.17, 15) is 0 Å². The van der Waals surface area contributed by atoms with Crippen LogP contribution in [0.1, 0.15) is 0 Å². The van der Waals surface area contributed by atoms with Gasteiger partial charge in [0.15, 0.2) is 0 Å². The zero-order chi connectivity index (χ0) is 29.3. The van der Waals surface area contributed by atoms with Crippen molar-refractivity contribution < 1.29 is 0 Å². The number of para-hydroxylation sites is 2. The first-order chi connectivity index (χ1) is 21.8. The van der Waals surface area contributed by atoms with Crippen LogP contribution in [0.25, 0.3) is 77.7 Å². The Labute approximate surface area is 257 Å². The molecule has 0 aliphatic rings. The number of aromatic nitrogens is 2. The fourth-order valence-corrected chi connectivity index (χ4v) is 6.03. The molecule has 2 heterocycles. The third-order valence-electron chi connectivity index (χ3n) is 8.30. The van der Waals surface area contributed by atoms with Crippen LogP contribution in [0.15, 0.2) is 170 Å². The number of benzene rings is 6. The van der Waals surface area contributed by atoms with Gasteiger partial charge in [0.2, 0.25) is 0 Å². The van der Waals surface area contributed by atoms with Gasteiger partial charge in [0.05, 0.1) is 22.4 Å². The van der Waals surface area contributed by atoms with Crippen molar-refractivity contribution in [2.45, 2.75) is 0 Å². The monoisotopic (exact) mass is 560 g/mol. The highest BCUT2D eigenvalue weighted by atomic mass is 14.7. The summed E-state index contributed by atoms with van der Waals surface area (Å²) >= 11 is 0. The lowest BCUT2D eigenvalue weighted by atomic mass is 9.96. The van der Waals surface area contributed by atoms with Crippen molar-refractivity contribution in [1.82, 2.24) is 9.97 Å². The van der Waals surface area contributed by atoms with Gasteiger partial charge in [-0.3, -0.25) is 0 Å². The van der Waals surface area contributed by atoms with Crippen LogP contribution in [0.3, 0.4) is 0 Å². The second-order valence-corrected chi connectivity index (χ2v) is 11.0. The minimum absolute atomic E-state index is 0.973. The molecule has 44 heavy (non-hydrogen) atoms. The van der Waals surface area contributed by atoms with Crippen LogP contribution in [-0.4, -0.2) is 9.97 Å². The predicted molar refractivity (Wildman–Crippen MR) is 184 cm³/mol. The Morgan fingerprint density at radius 2 is 0.614 bits per heavy atom. The van der Waals surface area contributed by atoms with Crippen LogP contribution in [0.2, 0.25) is 0 Å². The molecule has 0 unspecified atom stereocenters. The molecule has 0 amide bonds. The molecule has 8 aromatic rings. The summed E-state index contributed by atoms with van der Waals surface area (Å²) in [5.41, 5.74) is 13.3. The SMILES string of the molecule is c1ccc(-c2cc(-c3ccc(-c4ccc(-c5cc(-c6ccccc6)c6ccccc6n5)cc4)cc3)nc3ccccc23)cc1.